The summed E-state index contributed by atoms with van der Waals surface area (Å²) in [6.45, 7) is 5.97. The molecule has 4 N–H and O–H groups in total. The number of aliphatic hydroxyl groups is 1. The fraction of sp³-hybridized carbons (Fsp3) is 0.261. The third-order valence-corrected chi connectivity index (χ3v) is 4.72. The van der Waals surface area contributed by atoms with Crippen molar-refractivity contribution in [2.75, 3.05) is 6.54 Å². The molecule has 0 bridgehead atoms. The summed E-state index contributed by atoms with van der Waals surface area (Å²) in [6, 6.07) is 5.86. The number of aliphatic hydroxyl groups excluding tert-OH is 1. The molecule has 6 nitrogen and oxygen atoms in total. The lowest BCUT2D eigenvalue weighted by molar-refractivity contribution is -1.01. The number of nitrogens with one attached hydrogen (secondary N) is 1. The van der Waals surface area contributed by atoms with Crippen molar-refractivity contribution >= 4 is 11.5 Å². The summed E-state index contributed by atoms with van der Waals surface area (Å²) in [5, 5.41) is 42.0. The van der Waals surface area contributed by atoms with Crippen molar-refractivity contribution in [2.45, 2.75) is 27.2 Å². The molecule has 0 aromatic heterocycles. The van der Waals surface area contributed by atoms with E-state index in [9.17, 15) is 25.3 Å². The average Bonchev–Trinajstić information content (AvgIpc) is 2.69. The van der Waals surface area contributed by atoms with Crippen molar-refractivity contribution in [2.24, 2.45) is 5.92 Å². The first-order valence-corrected chi connectivity index (χ1v) is 9.50. The Bertz CT molecular complexity index is 904. The van der Waals surface area contributed by atoms with Crippen molar-refractivity contribution < 1.29 is 30.4 Å². The number of allylic oxidation sites excluding steroid dienone is 6. The maximum Gasteiger partial charge on any atom is 0.379 e. The molecule has 2 unspecified atom stereocenters. The lowest BCUT2D eigenvalue weighted by Crippen LogP contribution is -3.13. The van der Waals surface area contributed by atoms with Crippen LogP contribution in [0.3, 0.4) is 0 Å². The number of aromatic hydroxyl groups is 1. The number of carbonyl (C=O) groups excluding carboxylic acids is 1. The molecular formula is C23H27NO5. The van der Waals surface area contributed by atoms with E-state index >= 15 is 0 Å². The van der Waals surface area contributed by atoms with Crippen LogP contribution in [-0.2, 0) is 4.79 Å². The largest absolute Gasteiger partial charge is 0.871 e. The van der Waals surface area contributed by atoms with Gasteiger partial charge in [-0.05, 0) is 36.6 Å². The molecule has 1 aromatic rings. The van der Waals surface area contributed by atoms with Crippen LogP contribution in [0.4, 0.5) is 0 Å². The van der Waals surface area contributed by atoms with Crippen LogP contribution in [0.15, 0.2) is 77.3 Å². The summed E-state index contributed by atoms with van der Waals surface area (Å²) in [7, 11) is 0. The van der Waals surface area contributed by atoms with Gasteiger partial charge in [-0.15, -0.1) is 5.06 Å². The summed E-state index contributed by atoms with van der Waals surface area (Å²) in [6.07, 6.45) is 9.52. The highest BCUT2D eigenvalue weighted by atomic mass is 16.5. The number of benzene rings is 1. The van der Waals surface area contributed by atoms with E-state index in [0.717, 1.165) is 12.0 Å². The van der Waals surface area contributed by atoms with Gasteiger partial charge in [0.1, 0.15) is 23.6 Å². The smallest absolute Gasteiger partial charge is 0.379 e. The van der Waals surface area contributed by atoms with E-state index in [0.29, 0.717) is 11.5 Å². The van der Waals surface area contributed by atoms with Gasteiger partial charge >= 0.3 is 5.91 Å². The normalized spacial score (nSPS) is 21.3. The maximum atomic E-state index is 12.8. The lowest BCUT2D eigenvalue weighted by Gasteiger charge is -2.27. The number of hydrogen-bond acceptors (Lipinski definition) is 5. The maximum absolute atomic E-state index is 12.8. The zero-order valence-corrected chi connectivity index (χ0v) is 16.8. The molecule has 1 heterocycles. The van der Waals surface area contributed by atoms with Crippen LogP contribution < -0.4 is 10.2 Å². The molecule has 0 fully saturated rings. The van der Waals surface area contributed by atoms with Crippen LogP contribution in [0.1, 0.15) is 32.8 Å². The lowest BCUT2D eigenvalue weighted by atomic mass is 9.96. The topological polar surface area (TPSA) is 105 Å². The Morgan fingerprint density at radius 2 is 1.86 bits per heavy atom. The zero-order valence-electron chi connectivity index (χ0n) is 16.8. The predicted octanol–water partition coefficient (Wildman–Crippen LogP) is 2.19. The number of phenols is 1. The first-order valence-electron chi connectivity index (χ1n) is 9.50. The average molecular weight is 397 g/mol. The van der Waals surface area contributed by atoms with Crippen LogP contribution >= 0.6 is 0 Å². The molecule has 2 atom stereocenters. The van der Waals surface area contributed by atoms with Gasteiger partial charge in [-0.1, -0.05) is 68.0 Å². The molecular weight excluding hydrogens is 370 g/mol. The van der Waals surface area contributed by atoms with Gasteiger partial charge in [0, 0.05) is 5.57 Å². The Balaban J connectivity index is 2.34. The first kappa shape index (κ1) is 22.2. The number of hydrogen-bond donors (Lipinski definition) is 4. The van der Waals surface area contributed by atoms with Crippen molar-refractivity contribution in [1.29, 1.82) is 0 Å². The van der Waals surface area contributed by atoms with Gasteiger partial charge in [0.25, 0.3) is 0 Å². The van der Waals surface area contributed by atoms with Gasteiger partial charge < -0.3 is 15.3 Å². The Kier molecular flexibility index (Phi) is 7.59. The predicted molar refractivity (Wildman–Crippen MR) is 109 cm³/mol. The van der Waals surface area contributed by atoms with Gasteiger partial charge in [0.05, 0.1) is 0 Å². The van der Waals surface area contributed by atoms with Crippen molar-refractivity contribution in [3.8, 4) is 5.75 Å². The molecule has 0 saturated heterocycles. The van der Waals surface area contributed by atoms with Crippen molar-refractivity contribution in [3.63, 3.8) is 0 Å². The molecule has 0 aliphatic carbocycles. The summed E-state index contributed by atoms with van der Waals surface area (Å²) < 4.78 is 0. The highest BCUT2D eigenvalue weighted by Crippen LogP contribution is 2.25. The number of carbonyl (C=O) groups is 1. The fourth-order valence-electron chi connectivity index (χ4n) is 2.91. The van der Waals surface area contributed by atoms with E-state index in [2.05, 4.69) is 19.9 Å². The monoisotopic (exact) mass is 397 g/mol. The van der Waals surface area contributed by atoms with Gasteiger partial charge in [-0.2, -0.15) is 0 Å². The van der Waals surface area contributed by atoms with Gasteiger partial charge in [0.2, 0.25) is 0 Å². The number of hydroxylamine groups is 2. The van der Waals surface area contributed by atoms with E-state index in [4.69, 9.17) is 0 Å². The minimum Gasteiger partial charge on any atom is -0.871 e. The Hall–Kier alpha value is -3.09. The summed E-state index contributed by atoms with van der Waals surface area (Å²) in [5.74, 6) is -1.53. The Labute approximate surface area is 170 Å². The van der Waals surface area contributed by atoms with Crippen molar-refractivity contribution in [3.05, 3.63) is 82.9 Å². The van der Waals surface area contributed by atoms with Crippen LogP contribution in [0.25, 0.3) is 5.57 Å². The molecule has 0 saturated carbocycles. The molecule has 0 spiro atoms. The second-order valence-corrected chi connectivity index (χ2v) is 7.08. The molecule has 6 heteroatoms. The van der Waals surface area contributed by atoms with Crippen LogP contribution in [0.2, 0.25) is 0 Å². The molecule has 1 aliphatic heterocycles. The van der Waals surface area contributed by atoms with E-state index in [1.165, 1.54) is 36.4 Å². The third kappa shape index (κ3) is 5.70. The van der Waals surface area contributed by atoms with Gasteiger partial charge in [0.15, 0.2) is 0 Å². The van der Waals surface area contributed by atoms with E-state index < -0.39 is 28.1 Å². The van der Waals surface area contributed by atoms with E-state index in [1.54, 1.807) is 6.08 Å². The molecule has 1 amide bonds. The third-order valence-electron chi connectivity index (χ3n) is 4.72. The number of rotatable bonds is 6. The summed E-state index contributed by atoms with van der Waals surface area (Å²) >= 11 is 0. The minimum absolute atomic E-state index is 0.0351. The van der Waals surface area contributed by atoms with Crippen LogP contribution in [0, 0.1) is 5.92 Å². The van der Waals surface area contributed by atoms with Crippen LogP contribution in [-0.4, -0.2) is 27.9 Å². The fourth-order valence-corrected chi connectivity index (χ4v) is 2.91. The SMILES string of the molecule is CCC(C)C=C(C)C=CC=CC(O)=C1C(=O)[NH+](O)CC(c2ccc(O)cc2)=C1[O-]. The van der Waals surface area contributed by atoms with Gasteiger partial charge in [-0.3, -0.25) is 0 Å². The number of phenolic OH excluding ortho intramolecular Hbond substituents is 1. The van der Waals surface area contributed by atoms with E-state index in [-0.39, 0.29) is 17.9 Å². The Morgan fingerprint density at radius 3 is 2.48 bits per heavy atom. The standard InChI is InChI=1S/C23H27NO5/c1-4-15(2)13-16(3)7-5-6-8-20(26)21-22(27)19(14-24(29)23(21)28)17-9-11-18(25)12-10-17/h5-13,15,25-27,29H,4,14H2,1-3H3. The Morgan fingerprint density at radius 1 is 1.24 bits per heavy atom. The summed E-state index contributed by atoms with van der Waals surface area (Å²) in [5.41, 5.74) is 1.25. The second-order valence-electron chi connectivity index (χ2n) is 7.08. The molecule has 1 aromatic carbocycles. The molecule has 2 rings (SSSR count). The highest BCUT2D eigenvalue weighted by molar-refractivity contribution is 5.97. The van der Waals surface area contributed by atoms with E-state index in [1.807, 2.05) is 13.0 Å². The first-order chi connectivity index (χ1) is 13.7. The molecule has 29 heavy (non-hydrogen) atoms. The van der Waals surface area contributed by atoms with Crippen molar-refractivity contribution in [1.82, 2.24) is 0 Å². The summed E-state index contributed by atoms with van der Waals surface area (Å²) in [4.78, 5) is 12.3. The molecule has 0 radical (unpaired) electrons. The quantitative estimate of drug-likeness (QED) is 0.255. The number of amides is 1. The molecule has 1 aliphatic rings. The number of quaternary nitrogens is 1. The second kappa shape index (κ2) is 9.91. The minimum atomic E-state index is -0.878. The zero-order chi connectivity index (χ0) is 21.6. The molecule has 154 valence electrons. The van der Waals surface area contributed by atoms with Crippen LogP contribution in [0.5, 0.6) is 5.75 Å². The van der Waals surface area contributed by atoms with Gasteiger partial charge in [-0.25, -0.2) is 10.0 Å². The highest BCUT2D eigenvalue weighted by Gasteiger charge is 2.33.